The van der Waals surface area contributed by atoms with E-state index in [0.29, 0.717) is 11.6 Å². The van der Waals surface area contributed by atoms with Gasteiger partial charge >= 0.3 is 5.97 Å². The van der Waals surface area contributed by atoms with Crippen LogP contribution in [0.4, 0.5) is 5.69 Å². The van der Waals surface area contributed by atoms with Crippen LogP contribution in [0.3, 0.4) is 0 Å². The minimum absolute atomic E-state index is 0.161. The highest BCUT2D eigenvalue weighted by Crippen LogP contribution is 2.19. The highest BCUT2D eigenvalue weighted by atomic mass is 35.5. The molecule has 0 saturated heterocycles. The van der Waals surface area contributed by atoms with E-state index in [2.05, 4.69) is 11.8 Å². The molecule has 0 fully saturated rings. The molecule has 0 amide bonds. The second-order valence-electron chi connectivity index (χ2n) is 4.31. The molecule has 0 saturated carbocycles. The Kier molecular flexibility index (Phi) is 6.58. The lowest BCUT2D eigenvalue weighted by Gasteiger charge is -2.24. The van der Waals surface area contributed by atoms with E-state index in [-0.39, 0.29) is 6.42 Å². The van der Waals surface area contributed by atoms with Crippen LogP contribution in [-0.2, 0) is 4.79 Å². The van der Waals surface area contributed by atoms with Gasteiger partial charge in [-0.15, -0.1) is 0 Å². The molecule has 1 rings (SSSR count). The van der Waals surface area contributed by atoms with E-state index in [1.807, 2.05) is 24.3 Å². The molecular formula is C14H20ClNO2. The number of hydrogen-bond acceptors (Lipinski definition) is 2. The fourth-order valence-corrected chi connectivity index (χ4v) is 1.93. The predicted octanol–water partition coefficient (Wildman–Crippen LogP) is 3.81. The number of hydrogen-bond donors (Lipinski definition) is 1. The fourth-order valence-electron chi connectivity index (χ4n) is 1.81. The van der Waals surface area contributed by atoms with Crippen molar-refractivity contribution in [2.45, 2.75) is 32.6 Å². The Morgan fingerprint density at radius 3 is 2.44 bits per heavy atom. The van der Waals surface area contributed by atoms with Crippen LogP contribution in [0.25, 0.3) is 0 Å². The molecule has 0 radical (unpaired) electrons. The lowest BCUT2D eigenvalue weighted by Crippen LogP contribution is -2.27. The summed E-state index contributed by atoms with van der Waals surface area (Å²) < 4.78 is 0. The van der Waals surface area contributed by atoms with Crippen LogP contribution in [-0.4, -0.2) is 24.2 Å². The number of unbranched alkanes of at least 4 members (excludes halogenated alkanes) is 2. The Labute approximate surface area is 113 Å². The first-order valence-electron chi connectivity index (χ1n) is 6.35. The van der Waals surface area contributed by atoms with Crippen LogP contribution < -0.4 is 4.90 Å². The quantitative estimate of drug-likeness (QED) is 0.730. The van der Waals surface area contributed by atoms with Gasteiger partial charge in [0.05, 0.1) is 6.42 Å². The Morgan fingerprint density at radius 1 is 1.22 bits per heavy atom. The third-order valence-electron chi connectivity index (χ3n) is 2.82. The van der Waals surface area contributed by atoms with E-state index >= 15 is 0 Å². The van der Waals surface area contributed by atoms with Crippen molar-refractivity contribution < 1.29 is 9.90 Å². The fraction of sp³-hybridized carbons (Fsp3) is 0.500. The van der Waals surface area contributed by atoms with E-state index in [1.54, 1.807) is 0 Å². The van der Waals surface area contributed by atoms with Gasteiger partial charge in [0.25, 0.3) is 0 Å². The van der Waals surface area contributed by atoms with E-state index in [9.17, 15) is 4.79 Å². The molecule has 0 aromatic heterocycles. The summed E-state index contributed by atoms with van der Waals surface area (Å²) in [5.41, 5.74) is 1.04. The predicted molar refractivity (Wildman–Crippen MR) is 75.4 cm³/mol. The minimum Gasteiger partial charge on any atom is -0.481 e. The van der Waals surface area contributed by atoms with Gasteiger partial charge in [-0.1, -0.05) is 31.4 Å². The van der Waals surface area contributed by atoms with Gasteiger partial charge in [0.1, 0.15) is 0 Å². The van der Waals surface area contributed by atoms with Gasteiger partial charge in [0, 0.05) is 23.8 Å². The molecule has 1 aromatic carbocycles. The molecule has 18 heavy (non-hydrogen) atoms. The summed E-state index contributed by atoms with van der Waals surface area (Å²) in [6, 6.07) is 7.56. The number of carboxylic acid groups (broad SMARTS) is 1. The molecular weight excluding hydrogens is 250 g/mol. The van der Waals surface area contributed by atoms with Crippen molar-refractivity contribution in [1.29, 1.82) is 0 Å². The number of halogens is 1. The number of nitrogens with zero attached hydrogens (tertiary/aromatic N) is 1. The molecule has 0 unspecified atom stereocenters. The highest BCUT2D eigenvalue weighted by Gasteiger charge is 2.08. The summed E-state index contributed by atoms with van der Waals surface area (Å²) in [6.07, 6.45) is 3.57. The molecule has 0 aliphatic carbocycles. The molecule has 0 aliphatic rings. The summed E-state index contributed by atoms with van der Waals surface area (Å²) >= 11 is 5.86. The van der Waals surface area contributed by atoms with Crippen molar-refractivity contribution in [3.8, 4) is 0 Å². The zero-order chi connectivity index (χ0) is 13.4. The normalized spacial score (nSPS) is 10.3. The Bertz CT molecular complexity index is 365. The van der Waals surface area contributed by atoms with Crippen molar-refractivity contribution in [3.63, 3.8) is 0 Å². The number of rotatable bonds is 8. The number of anilines is 1. The minimum atomic E-state index is -0.760. The Morgan fingerprint density at radius 2 is 1.89 bits per heavy atom. The standard InChI is InChI=1S/C14H20ClNO2/c1-2-3-4-10-16(11-9-14(17)18)13-7-5-12(15)6-8-13/h5-8H,2-4,9-11H2,1H3,(H,17,18). The highest BCUT2D eigenvalue weighted by molar-refractivity contribution is 6.30. The third-order valence-corrected chi connectivity index (χ3v) is 3.07. The monoisotopic (exact) mass is 269 g/mol. The van der Waals surface area contributed by atoms with Crippen molar-refractivity contribution in [1.82, 2.24) is 0 Å². The van der Waals surface area contributed by atoms with Gasteiger partial charge < -0.3 is 10.0 Å². The first-order chi connectivity index (χ1) is 8.63. The maximum atomic E-state index is 10.7. The third kappa shape index (κ3) is 5.41. The molecule has 0 spiro atoms. The van der Waals surface area contributed by atoms with Crippen LogP contribution >= 0.6 is 11.6 Å². The smallest absolute Gasteiger partial charge is 0.305 e. The van der Waals surface area contributed by atoms with Crippen LogP contribution in [0.2, 0.25) is 5.02 Å². The molecule has 0 atom stereocenters. The molecule has 0 heterocycles. The van der Waals surface area contributed by atoms with Crippen molar-refractivity contribution in [2.24, 2.45) is 0 Å². The largest absolute Gasteiger partial charge is 0.481 e. The van der Waals surface area contributed by atoms with E-state index in [4.69, 9.17) is 16.7 Å². The van der Waals surface area contributed by atoms with Gasteiger partial charge in [-0.3, -0.25) is 4.79 Å². The second kappa shape index (κ2) is 7.98. The molecule has 4 heteroatoms. The number of benzene rings is 1. The summed E-state index contributed by atoms with van der Waals surface area (Å²) in [7, 11) is 0. The molecule has 1 aromatic rings. The van der Waals surface area contributed by atoms with E-state index in [1.165, 1.54) is 0 Å². The van der Waals surface area contributed by atoms with E-state index < -0.39 is 5.97 Å². The molecule has 0 bridgehead atoms. The van der Waals surface area contributed by atoms with Crippen molar-refractivity contribution >= 4 is 23.3 Å². The Hall–Kier alpha value is -1.22. The molecule has 1 N–H and O–H groups in total. The average molecular weight is 270 g/mol. The topological polar surface area (TPSA) is 40.5 Å². The first kappa shape index (κ1) is 14.8. The van der Waals surface area contributed by atoms with Gasteiger partial charge in [0.2, 0.25) is 0 Å². The van der Waals surface area contributed by atoms with Crippen LogP contribution in [0.15, 0.2) is 24.3 Å². The lowest BCUT2D eigenvalue weighted by atomic mass is 10.2. The van der Waals surface area contributed by atoms with Gasteiger partial charge in [-0.05, 0) is 30.7 Å². The maximum absolute atomic E-state index is 10.7. The van der Waals surface area contributed by atoms with Crippen LogP contribution in [0, 0.1) is 0 Å². The summed E-state index contributed by atoms with van der Waals surface area (Å²) in [5.74, 6) is -0.760. The zero-order valence-corrected chi connectivity index (χ0v) is 11.5. The molecule has 100 valence electrons. The summed E-state index contributed by atoms with van der Waals surface area (Å²) in [5, 5.41) is 9.48. The summed E-state index contributed by atoms with van der Waals surface area (Å²) in [6.45, 7) is 3.59. The number of aliphatic carboxylic acids is 1. The molecule has 0 aliphatic heterocycles. The lowest BCUT2D eigenvalue weighted by molar-refractivity contribution is -0.136. The SMILES string of the molecule is CCCCCN(CCC(=O)O)c1ccc(Cl)cc1. The van der Waals surface area contributed by atoms with Crippen molar-refractivity contribution in [3.05, 3.63) is 29.3 Å². The number of carbonyl (C=O) groups is 1. The van der Waals surface area contributed by atoms with Crippen LogP contribution in [0.1, 0.15) is 32.6 Å². The summed E-state index contributed by atoms with van der Waals surface area (Å²) in [4.78, 5) is 12.8. The first-order valence-corrected chi connectivity index (χ1v) is 6.73. The van der Waals surface area contributed by atoms with E-state index in [0.717, 1.165) is 31.5 Å². The van der Waals surface area contributed by atoms with Gasteiger partial charge in [-0.2, -0.15) is 0 Å². The number of carboxylic acids is 1. The van der Waals surface area contributed by atoms with Crippen molar-refractivity contribution in [2.75, 3.05) is 18.0 Å². The van der Waals surface area contributed by atoms with Gasteiger partial charge in [0.15, 0.2) is 0 Å². The molecule has 3 nitrogen and oxygen atoms in total. The van der Waals surface area contributed by atoms with Crippen LogP contribution in [0.5, 0.6) is 0 Å². The Balaban J connectivity index is 2.62. The average Bonchev–Trinajstić information content (AvgIpc) is 2.34. The second-order valence-corrected chi connectivity index (χ2v) is 4.75. The maximum Gasteiger partial charge on any atom is 0.305 e. The zero-order valence-electron chi connectivity index (χ0n) is 10.7. The van der Waals surface area contributed by atoms with Gasteiger partial charge in [-0.25, -0.2) is 0 Å².